The third-order valence-corrected chi connectivity index (χ3v) is 2.79. The van der Waals surface area contributed by atoms with Crippen LogP contribution in [0.3, 0.4) is 0 Å². The first-order valence-corrected chi connectivity index (χ1v) is 5.25. The van der Waals surface area contributed by atoms with Gasteiger partial charge in [0.05, 0.1) is 0 Å². The van der Waals surface area contributed by atoms with E-state index in [1.807, 2.05) is 0 Å². The molecule has 0 aliphatic heterocycles. The van der Waals surface area contributed by atoms with E-state index in [0.29, 0.717) is 10.8 Å². The number of aromatic hydroxyl groups is 2. The lowest BCUT2D eigenvalue weighted by molar-refractivity contribution is 0.458. The van der Waals surface area contributed by atoms with Crippen molar-refractivity contribution >= 4 is 21.9 Å². The molecular formula is C10H8O4S. The zero-order valence-corrected chi connectivity index (χ0v) is 8.36. The number of phenols is 2. The molecule has 3 N–H and O–H groups in total. The van der Waals surface area contributed by atoms with Gasteiger partial charge in [-0.15, -0.1) is 0 Å². The number of fused-ring (bicyclic) bond motifs is 1. The maximum Gasteiger partial charge on any atom is 0.190 e. The molecular weight excluding hydrogens is 216 g/mol. The highest BCUT2D eigenvalue weighted by molar-refractivity contribution is 7.79. The van der Waals surface area contributed by atoms with E-state index < -0.39 is 11.1 Å². The predicted molar refractivity (Wildman–Crippen MR) is 56.3 cm³/mol. The van der Waals surface area contributed by atoms with Crippen molar-refractivity contribution in [1.29, 1.82) is 0 Å². The zero-order chi connectivity index (χ0) is 11.0. The molecule has 2 aromatic carbocycles. The normalized spacial score (nSPS) is 12.9. The lowest BCUT2D eigenvalue weighted by Gasteiger charge is -2.03. The van der Waals surface area contributed by atoms with E-state index in [0.717, 1.165) is 0 Å². The van der Waals surface area contributed by atoms with Crippen LogP contribution in [0.25, 0.3) is 10.8 Å². The summed E-state index contributed by atoms with van der Waals surface area (Å²) in [4.78, 5) is -0.0341. The van der Waals surface area contributed by atoms with Crippen LogP contribution in [0, 0.1) is 0 Å². The fourth-order valence-electron chi connectivity index (χ4n) is 1.39. The Labute approximate surface area is 88.1 Å². The first kappa shape index (κ1) is 9.95. The van der Waals surface area contributed by atoms with Gasteiger partial charge in [-0.05, 0) is 35.0 Å². The van der Waals surface area contributed by atoms with Crippen LogP contribution in [-0.2, 0) is 11.1 Å². The fraction of sp³-hybridized carbons (Fsp3) is 0. The second-order valence-electron chi connectivity index (χ2n) is 3.10. The molecule has 1 atom stereocenters. The highest BCUT2D eigenvalue weighted by atomic mass is 32.2. The standard InChI is InChI=1S/C10H8O4S/c11-8-2-1-6-5-10(15(13)14)9(12)4-7(6)3-8/h1-5,11-12H,(H,13,14). The lowest BCUT2D eigenvalue weighted by atomic mass is 10.1. The summed E-state index contributed by atoms with van der Waals surface area (Å²) in [5.41, 5.74) is 0. The van der Waals surface area contributed by atoms with E-state index >= 15 is 0 Å². The molecule has 0 bridgehead atoms. The molecule has 0 spiro atoms. The average molecular weight is 224 g/mol. The van der Waals surface area contributed by atoms with Gasteiger partial charge in [-0.2, -0.15) is 0 Å². The molecule has 0 aliphatic rings. The highest BCUT2D eigenvalue weighted by Gasteiger charge is 2.08. The van der Waals surface area contributed by atoms with Crippen LogP contribution in [0.4, 0.5) is 0 Å². The molecule has 78 valence electrons. The van der Waals surface area contributed by atoms with E-state index in [1.54, 1.807) is 6.07 Å². The van der Waals surface area contributed by atoms with Gasteiger partial charge in [0.25, 0.3) is 0 Å². The van der Waals surface area contributed by atoms with Crippen LogP contribution in [0.15, 0.2) is 35.2 Å². The Morgan fingerprint density at radius 3 is 2.40 bits per heavy atom. The maximum atomic E-state index is 10.8. The minimum atomic E-state index is -2.21. The minimum Gasteiger partial charge on any atom is -0.508 e. The molecule has 0 aromatic heterocycles. The van der Waals surface area contributed by atoms with Gasteiger partial charge in [-0.25, -0.2) is 4.21 Å². The van der Waals surface area contributed by atoms with Crippen molar-refractivity contribution < 1.29 is 19.0 Å². The molecule has 0 aliphatic carbocycles. The van der Waals surface area contributed by atoms with Crippen molar-refractivity contribution in [2.45, 2.75) is 4.90 Å². The second-order valence-corrected chi connectivity index (χ2v) is 4.04. The van der Waals surface area contributed by atoms with Gasteiger partial charge in [0.1, 0.15) is 16.4 Å². The van der Waals surface area contributed by atoms with Gasteiger partial charge in [0, 0.05) is 0 Å². The molecule has 15 heavy (non-hydrogen) atoms. The van der Waals surface area contributed by atoms with Crippen LogP contribution in [0.5, 0.6) is 11.5 Å². The fourth-order valence-corrected chi connectivity index (χ4v) is 1.86. The van der Waals surface area contributed by atoms with Crippen LogP contribution in [-0.4, -0.2) is 19.0 Å². The lowest BCUT2D eigenvalue weighted by Crippen LogP contribution is -1.89. The average Bonchev–Trinajstić information content (AvgIpc) is 2.15. The number of hydrogen-bond donors (Lipinski definition) is 3. The molecule has 0 heterocycles. The minimum absolute atomic E-state index is 0.0341. The summed E-state index contributed by atoms with van der Waals surface area (Å²) < 4.78 is 19.7. The topological polar surface area (TPSA) is 77.8 Å². The summed E-state index contributed by atoms with van der Waals surface area (Å²) in [6.45, 7) is 0. The summed E-state index contributed by atoms with van der Waals surface area (Å²) in [7, 11) is 0. The Balaban J connectivity index is 2.76. The van der Waals surface area contributed by atoms with Crippen molar-refractivity contribution in [1.82, 2.24) is 0 Å². The van der Waals surface area contributed by atoms with Crippen LogP contribution in [0.2, 0.25) is 0 Å². The summed E-state index contributed by atoms with van der Waals surface area (Å²) in [6.07, 6.45) is 0. The van der Waals surface area contributed by atoms with Gasteiger partial charge in [-0.1, -0.05) is 6.07 Å². The zero-order valence-electron chi connectivity index (χ0n) is 7.54. The second kappa shape index (κ2) is 3.52. The molecule has 4 nitrogen and oxygen atoms in total. The molecule has 0 fully saturated rings. The Bertz CT molecular complexity index is 550. The number of phenolic OH excluding ortho intramolecular Hbond substituents is 2. The first-order chi connectivity index (χ1) is 7.08. The third-order valence-electron chi connectivity index (χ3n) is 2.09. The van der Waals surface area contributed by atoms with Gasteiger partial charge in [-0.3, -0.25) is 0 Å². The molecule has 0 saturated carbocycles. The van der Waals surface area contributed by atoms with E-state index in [-0.39, 0.29) is 16.4 Å². The van der Waals surface area contributed by atoms with Crippen molar-refractivity contribution in [2.75, 3.05) is 0 Å². The SMILES string of the molecule is O=S(O)c1cc2ccc(O)cc2cc1O. The van der Waals surface area contributed by atoms with Crippen LogP contribution in [0.1, 0.15) is 0 Å². The summed E-state index contributed by atoms with van der Waals surface area (Å²) >= 11 is -2.21. The van der Waals surface area contributed by atoms with E-state index in [4.69, 9.17) is 4.55 Å². The summed E-state index contributed by atoms with van der Waals surface area (Å²) in [6, 6.07) is 7.32. The summed E-state index contributed by atoms with van der Waals surface area (Å²) in [5, 5.41) is 19.9. The highest BCUT2D eigenvalue weighted by Crippen LogP contribution is 2.29. The molecule has 1 unspecified atom stereocenters. The monoisotopic (exact) mass is 224 g/mol. The van der Waals surface area contributed by atoms with Crippen molar-refractivity contribution in [3.8, 4) is 11.5 Å². The van der Waals surface area contributed by atoms with Crippen molar-refractivity contribution in [3.05, 3.63) is 30.3 Å². The molecule has 2 aromatic rings. The van der Waals surface area contributed by atoms with E-state index in [2.05, 4.69) is 0 Å². The molecule has 0 radical (unpaired) electrons. The Morgan fingerprint density at radius 1 is 1.00 bits per heavy atom. The van der Waals surface area contributed by atoms with Crippen molar-refractivity contribution in [2.24, 2.45) is 0 Å². The quantitative estimate of drug-likeness (QED) is 0.646. The summed E-state index contributed by atoms with van der Waals surface area (Å²) in [5.74, 6) is -0.172. The molecule has 2 rings (SSSR count). The smallest absolute Gasteiger partial charge is 0.190 e. The molecule has 0 amide bonds. The molecule has 0 saturated heterocycles. The Hall–Kier alpha value is -1.59. The van der Waals surface area contributed by atoms with E-state index in [1.165, 1.54) is 24.3 Å². The van der Waals surface area contributed by atoms with Gasteiger partial charge >= 0.3 is 0 Å². The van der Waals surface area contributed by atoms with E-state index in [9.17, 15) is 14.4 Å². The van der Waals surface area contributed by atoms with Gasteiger partial charge in [0.15, 0.2) is 11.1 Å². The third kappa shape index (κ3) is 1.79. The van der Waals surface area contributed by atoms with Gasteiger partial charge in [0.2, 0.25) is 0 Å². The van der Waals surface area contributed by atoms with Crippen LogP contribution < -0.4 is 0 Å². The van der Waals surface area contributed by atoms with Crippen LogP contribution >= 0.6 is 0 Å². The first-order valence-electron chi connectivity index (χ1n) is 4.14. The molecule has 5 heteroatoms. The maximum absolute atomic E-state index is 10.8. The van der Waals surface area contributed by atoms with Crippen molar-refractivity contribution in [3.63, 3.8) is 0 Å². The number of hydrogen-bond acceptors (Lipinski definition) is 3. The number of benzene rings is 2. The Kier molecular flexibility index (Phi) is 2.34. The largest absolute Gasteiger partial charge is 0.508 e. The predicted octanol–water partition coefficient (Wildman–Crippen LogP) is 1.83. The van der Waals surface area contributed by atoms with Gasteiger partial charge < -0.3 is 14.8 Å². The number of rotatable bonds is 1. The Morgan fingerprint density at radius 2 is 1.73 bits per heavy atom.